The quantitative estimate of drug-likeness (QED) is 0.840. The molecule has 2 rings (SSSR count). The van der Waals surface area contributed by atoms with Crippen LogP contribution in [0, 0.1) is 0 Å². The largest absolute Gasteiger partial charge is 0.464 e. The first-order valence-electron chi connectivity index (χ1n) is 6.10. The summed E-state index contributed by atoms with van der Waals surface area (Å²) in [6, 6.07) is 3.38. The van der Waals surface area contributed by atoms with Crippen LogP contribution in [0.25, 0.3) is 10.9 Å². The summed E-state index contributed by atoms with van der Waals surface area (Å²) in [4.78, 5) is 15.4. The van der Waals surface area contributed by atoms with Crippen LogP contribution >= 0.6 is 0 Å². The van der Waals surface area contributed by atoms with Crippen molar-refractivity contribution < 1.29 is 19.4 Å². The van der Waals surface area contributed by atoms with Gasteiger partial charge in [-0.05, 0) is 26.0 Å². The lowest BCUT2D eigenvalue weighted by molar-refractivity contribution is -0.143. The Morgan fingerprint density at radius 3 is 2.68 bits per heavy atom. The summed E-state index contributed by atoms with van der Waals surface area (Å²) in [5.41, 5.74) is 1.03. The van der Waals surface area contributed by atoms with Crippen LogP contribution in [-0.4, -0.2) is 34.0 Å². The number of rotatable bonds is 5. The van der Waals surface area contributed by atoms with Crippen LogP contribution in [0.3, 0.4) is 0 Å². The van der Waals surface area contributed by atoms with E-state index in [0.29, 0.717) is 24.4 Å². The number of fused-ring (bicyclic) bond motifs is 1. The maximum absolute atomic E-state index is 11.4. The van der Waals surface area contributed by atoms with E-state index in [0.717, 1.165) is 5.39 Å². The standard InChI is InChI=1S/C13H16N2O4/c1-3-18-12(19-4-2)11-7-9-8-14-6-5-10(9)15(11)13(16)17/h5-8,12H,3-4H2,1-2H3,(H,16,17). The fourth-order valence-electron chi connectivity index (χ4n) is 1.99. The predicted octanol–water partition coefficient (Wildman–Crippen LogP) is 2.63. The highest BCUT2D eigenvalue weighted by molar-refractivity contribution is 5.89. The van der Waals surface area contributed by atoms with Crippen molar-refractivity contribution >= 4 is 17.0 Å². The van der Waals surface area contributed by atoms with Gasteiger partial charge in [0, 0.05) is 31.0 Å². The van der Waals surface area contributed by atoms with Gasteiger partial charge in [0.05, 0.1) is 11.2 Å². The fraction of sp³-hybridized carbons (Fsp3) is 0.385. The highest BCUT2D eigenvalue weighted by Crippen LogP contribution is 2.26. The molecule has 0 saturated carbocycles. The van der Waals surface area contributed by atoms with Crippen LogP contribution < -0.4 is 0 Å². The predicted molar refractivity (Wildman–Crippen MR) is 69.1 cm³/mol. The first kappa shape index (κ1) is 13.5. The lowest BCUT2D eigenvalue weighted by atomic mass is 10.3. The number of hydrogen-bond donors (Lipinski definition) is 1. The Hall–Kier alpha value is -1.92. The summed E-state index contributed by atoms with van der Waals surface area (Å²) >= 11 is 0. The molecule has 6 nitrogen and oxygen atoms in total. The number of nitrogens with zero attached hydrogens (tertiary/aromatic N) is 2. The zero-order chi connectivity index (χ0) is 13.8. The van der Waals surface area contributed by atoms with E-state index in [9.17, 15) is 9.90 Å². The van der Waals surface area contributed by atoms with Gasteiger partial charge in [-0.15, -0.1) is 0 Å². The molecule has 0 unspecified atom stereocenters. The van der Waals surface area contributed by atoms with E-state index in [1.807, 2.05) is 13.8 Å². The molecule has 0 bridgehead atoms. The molecule has 1 N–H and O–H groups in total. The molecule has 0 aliphatic carbocycles. The Morgan fingerprint density at radius 2 is 2.11 bits per heavy atom. The van der Waals surface area contributed by atoms with Gasteiger partial charge in [-0.25, -0.2) is 9.36 Å². The lowest BCUT2D eigenvalue weighted by Crippen LogP contribution is -2.18. The molecule has 0 aliphatic rings. The monoisotopic (exact) mass is 264 g/mol. The molecule has 0 atom stereocenters. The highest BCUT2D eigenvalue weighted by atomic mass is 16.7. The van der Waals surface area contributed by atoms with Gasteiger partial charge in [-0.1, -0.05) is 0 Å². The average Bonchev–Trinajstić information content (AvgIpc) is 2.77. The molecular weight excluding hydrogens is 248 g/mol. The van der Waals surface area contributed by atoms with Crippen molar-refractivity contribution in [2.75, 3.05) is 13.2 Å². The molecule has 0 fully saturated rings. The van der Waals surface area contributed by atoms with E-state index in [1.54, 1.807) is 24.5 Å². The second kappa shape index (κ2) is 5.81. The average molecular weight is 264 g/mol. The van der Waals surface area contributed by atoms with Crippen LogP contribution in [0.1, 0.15) is 25.8 Å². The van der Waals surface area contributed by atoms with Gasteiger partial charge in [0.1, 0.15) is 0 Å². The third-order valence-electron chi connectivity index (χ3n) is 2.70. The topological polar surface area (TPSA) is 73.6 Å². The molecular formula is C13H16N2O4. The molecule has 0 saturated heterocycles. The molecule has 6 heteroatoms. The third-order valence-corrected chi connectivity index (χ3v) is 2.70. The van der Waals surface area contributed by atoms with Crippen molar-refractivity contribution in [3.63, 3.8) is 0 Å². The van der Waals surface area contributed by atoms with Crippen molar-refractivity contribution in [2.24, 2.45) is 0 Å². The summed E-state index contributed by atoms with van der Waals surface area (Å²) < 4.78 is 12.1. The second-order valence-corrected chi connectivity index (χ2v) is 3.86. The van der Waals surface area contributed by atoms with E-state index < -0.39 is 12.4 Å². The summed E-state index contributed by atoms with van der Waals surface area (Å²) in [6.45, 7) is 4.54. The summed E-state index contributed by atoms with van der Waals surface area (Å²) in [5.74, 6) is 0. The third kappa shape index (κ3) is 2.59. The van der Waals surface area contributed by atoms with Crippen molar-refractivity contribution in [2.45, 2.75) is 20.1 Å². The maximum Gasteiger partial charge on any atom is 0.416 e. The second-order valence-electron chi connectivity index (χ2n) is 3.86. The van der Waals surface area contributed by atoms with E-state index in [-0.39, 0.29) is 0 Å². The summed E-state index contributed by atoms with van der Waals surface area (Å²) in [6.07, 6.45) is 1.41. The number of carboxylic acid groups (broad SMARTS) is 1. The Balaban J connectivity index is 2.56. The molecule has 0 aliphatic heterocycles. The molecule has 0 aromatic carbocycles. The summed E-state index contributed by atoms with van der Waals surface area (Å²) in [7, 11) is 0. The van der Waals surface area contributed by atoms with Crippen LogP contribution in [0.15, 0.2) is 24.5 Å². The summed E-state index contributed by atoms with van der Waals surface area (Å²) in [5, 5.41) is 10.1. The number of pyridine rings is 1. The molecule has 102 valence electrons. The minimum atomic E-state index is -1.07. The highest BCUT2D eigenvalue weighted by Gasteiger charge is 2.22. The van der Waals surface area contributed by atoms with E-state index in [4.69, 9.17) is 9.47 Å². The van der Waals surface area contributed by atoms with Crippen molar-refractivity contribution in [1.82, 2.24) is 9.55 Å². The molecule has 19 heavy (non-hydrogen) atoms. The Kier molecular flexibility index (Phi) is 4.13. The normalized spacial score (nSPS) is 11.3. The lowest BCUT2D eigenvalue weighted by Gasteiger charge is -2.17. The van der Waals surface area contributed by atoms with Gasteiger partial charge in [0.2, 0.25) is 0 Å². The molecule has 0 radical (unpaired) electrons. The Labute approximate surface area is 110 Å². The Morgan fingerprint density at radius 1 is 1.42 bits per heavy atom. The van der Waals surface area contributed by atoms with Gasteiger partial charge < -0.3 is 14.6 Å². The number of aromatic nitrogens is 2. The zero-order valence-corrected chi connectivity index (χ0v) is 10.9. The van der Waals surface area contributed by atoms with Gasteiger partial charge in [0.15, 0.2) is 6.29 Å². The van der Waals surface area contributed by atoms with Crippen LogP contribution in [0.5, 0.6) is 0 Å². The number of hydrogen-bond acceptors (Lipinski definition) is 4. The first-order valence-corrected chi connectivity index (χ1v) is 6.10. The molecule has 2 aromatic rings. The minimum Gasteiger partial charge on any atom is -0.464 e. The van der Waals surface area contributed by atoms with Crippen molar-refractivity contribution in [3.05, 3.63) is 30.2 Å². The maximum atomic E-state index is 11.4. The molecule has 0 spiro atoms. The van der Waals surface area contributed by atoms with Gasteiger partial charge in [-0.2, -0.15) is 0 Å². The van der Waals surface area contributed by atoms with Crippen LogP contribution in [0.2, 0.25) is 0 Å². The van der Waals surface area contributed by atoms with Gasteiger partial charge >= 0.3 is 6.09 Å². The van der Waals surface area contributed by atoms with Crippen LogP contribution in [-0.2, 0) is 9.47 Å². The SMILES string of the molecule is CCOC(OCC)c1cc2cnccc2n1C(=O)O. The van der Waals surface area contributed by atoms with Gasteiger partial charge in [0.25, 0.3) is 0 Å². The molecule has 0 amide bonds. The zero-order valence-electron chi connectivity index (χ0n) is 10.9. The van der Waals surface area contributed by atoms with Crippen molar-refractivity contribution in [1.29, 1.82) is 0 Å². The number of ether oxygens (including phenoxy) is 2. The minimum absolute atomic E-state index is 0.435. The number of carbonyl (C=O) groups is 1. The van der Waals surface area contributed by atoms with E-state index >= 15 is 0 Å². The van der Waals surface area contributed by atoms with Gasteiger partial charge in [-0.3, -0.25) is 4.98 Å². The van der Waals surface area contributed by atoms with E-state index in [2.05, 4.69) is 4.98 Å². The molecule has 2 heterocycles. The molecule has 2 aromatic heterocycles. The Bertz CT molecular complexity index is 573. The smallest absolute Gasteiger partial charge is 0.416 e. The van der Waals surface area contributed by atoms with Crippen LogP contribution in [0.4, 0.5) is 4.79 Å². The van der Waals surface area contributed by atoms with Crippen molar-refractivity contribution in [3.8, 4) is 0 Å². The first-order chi connectivity index (χ1) is 9.19. The fourth-order valence-corrected chi connectivity index (χ4v) is 1.99. The van der Waals surface area contributed by atoms with E-state index in [1.165, 1.54) is 4.57 Å².